The highest BCUT2D eigenvalue weighted by molar-refractivity contribution is 6.41. The van der Waals surface area contributed by atoms with Crippen LogP contribution < -0.4 is 5.46 Å². The van der Waals surface area contributed by atoms with Crippen LogP contribution in [0.3, 0.4) is 0 Å². The summed E-state index contributed by atoms with van der Waals surface area (Å²) in [5.41, 5.74) is 10.1. The molecule has 0 N–H and O–H groups in total. The summed E-state index contributed by atoms with van der Waals surface area (Å²) < 4.78 is 27.8. The summed E-state index contributed by atoms with van der Waals surface area (Å²) in [7, 11) is 2.14. The van der Waals surface area contributed by atoms with E-state index in [-0.39, 0.29) is 11.6 Å². The van der Waals surface area contributed by atoms with Crippen LogP contribution in [0.4, 0.5) is 8.78 Å². The summed E-state index contributed by atoms with van der Waals surface area (Å²) in [4.78, 5) is 0. The Balaban J connectivity index is 1.74. The molecule has 0 bridgehead atoms. The van der Waals surface area contributed by atoms with Gasteiger partial charge in [0.1, 0.15) is 19.5 Å². The quantitative estimate of drug-likeness (QED) is 0.238. The zero-order valence-corrected chi connectivity index (χ0v) is 19.1. The molecule has 0 spiro atoms. The molecule has 0 radical (unpaired) electrons. The molecule has 0 fully saturated rings. The second-order valence-corrected chi connectivity index (χ2v) is 9.22. The maximum Gasteiger partial charge on any atom is 0.140 e. The lowest BCUT2D eigenvalue weighted by Gasteiger charge is -2.20. The number of hydrogen-bond donors (Lipinski definition) is 0. The molecule has 0 nitrogen and oxygen atoms in total. The van der Waals surface area contributed by atoms with Crippen LogP contribution in [0.15, 0.2) is 103 Å². The molecule has 35 heavy (non-hydrogen) atoms. The minimum absolute atomic E-state index is 0.251. The van der Waals surface area contributed by atoms with Crippen molar-refractivity contribution in [2.45, 2.75) is 0 Å². The Morgan fingerprint density at radius 1 is 0.429 bits per heavy atom. The summed E-state index contributed by atoms with van der Waals surface area (Å²) in [5.74, 6) is -0.503. The van der Waals surface area contributed by atoms with E-state index in [4.69, 9.17) is 0 Å². The van der Waals surface area contributed by atoms with E-state index >= 15 is 0 Å². The molecule has 1 aliphatic rings. The molecule has 0 aromatic heterocycles. The molecule has 7 rings (SSSR count). The van der Waals surface area contributed by atoms with E-state index in [1.54, 1.807) is 0 Å². The Bertz CT molecular complexity index is 1700. The number of halogens is 2. The monoisotopic (exact) mass is 452 g/mol. The van der Waals surface area contributed by atoms with Gasteiger partial charge in [0.25, 0.3) is 0 Å². The molecule has 6 aromatic rings. The SMILES string of the molecule is Bc1ccc2c3c(cccc13)-c1c-2c(-c2ccc(F)cc2)c2ccccc2c1-c1ccc(F)cc1. The van der Waals surface area contributed by atoms with Gasteiger partial charge in [0.2, 0.25) is 0 Å². The van der Waals surface area contributed by atoms with Crippen LogP contribution in [0.2, 0.25) is 0 Å². The summed E-state index contributed by atoms with van der Waals surface area (Å²) in [6.07, 6.45) is 0. The third-order valence-electron chi connectivity index (χ3n) is 7.28. The van der Waals surface area contributed by atoms with Gasteiger partial charge in [-0.05, 0) is 90.3 Å². The molecular formula is C32H19BF2. The summed E-state index contributed by atoms with van der Waals surface area (Å²) in [6.45, 7) is 0. The zero-order valence-electron chi connectivity index (χ0n) is 19.1. The molecule has 3 heteroatoms. The Hall–Kier alpha value is -4.24. The highest BCUT2D eigenvalue weighted by atomic mass is 19.1. The first-order chi connectivity index (χ1) is 17.1. The highest BCUT2D eigenvalue weighted by Gasteiger charge is 2.30. The molecule has 0 atom stereocenters. The second kappa shape index (κ2) is 7.38. The molecule has 0 saturated carbocycles. The molecule has 164 valence electrons. The molecule has 0 heterocycles. The Morgan fingerprint density at radius 2 is 0.914 bits per heavy atom. The zero-order chi connectivity index (χ0) is 23.7. The summed E-state index contributed by atoms with van der Waals surface area (Å²) in [5, 5.41) is 4.66. The van der Waals surface area contributed by atoms with Crippen molar-refractivity contribution < 1.29 is 8.78 Å². The van der Waals surface area contributed by atoms with E-state index in [1.165, 1.54) is 51.6 Å². The third kappa shape index (κ3) is 2.85. The second-order valence-electron chi connectivity index (χ2n) is 9.22. The molecule has 0 aliphatic heterocycles. The van der Waals surface area contributed by atoms with E-state index in [0.29, 0.717) is 0 Å². The van der Waals surface area contributed by atoms with Gasteiger partial charge in [-0.1, -0.05) is 84.3 Å². The molecular weight excluding hydrogens is 433 g/mol. The van der Waals surface area contributed by atoms with E-state index in [0.717, 1.165) is 44.2 Å². The minimum atomic E-state index is -0.251. The molecule has 6 aromatic carbocycles. The number of fused-ring (bicyclic) bond motifs is 4. The van der Waals surface area contributed by atoms with Crippen LogP contribution >= 0.6 is 0 Å². The van der Waals surface area contributed by atoms with E-state index in [2.05, 4.69) is 50.3 Å². The van der Waals surface area contributed by atoms with E-state index < -0.39 is 0 Å². The van der Waals surface area contributed by atoms with Gasteiger partial charge in [0.05, 0.1) is 0 Å². The van der Waals surface area contributed by atoms with Crippen LogP contribution in [0.5, 0.6) is 0 Å². The lowest BCUT2D eigenvalue weighted by atomic mass is 9.82. The molecule has 0 unspecified atom stereocenters. The van der Waals surface area contributed by atoms with Crippen LogP contribution in [-0.4, -0.2) is 7.85 Å². The van der Waals surface area contributed by atoms with Crippen LogP contribution in [0, 0.1) is 11.6 Å². The number of rotatable bonds is 2. The Morgan fingerprint density at radius 3 is 1.46 bits per heavy atom. The fourth-order valence-electron chi connectivity index (χ4n) is 5.78. The average Bonchev–Trinajstić information content (AvgIpc) is 3.21. The summed E-state index contributed by atoms with van der Waals surface area (Å²) in [6, 6.07) is 32.8. The predicted molar refractivity (Wildman–Crippen MR) is 145 cm³/mol. The summed E-state index contributed by atoms with van der Waals surface area (Å²) >= 11 is 0. The standard InChI is InChI=1S/C32H19BF2/c33-27-17-16-26-30-24(27)6-3-7-25(30)31-28(18-8-12-20(34)13-9-18)22-4-1-2-5-23(22)29(32(26)31)19-10-14-21(35)15-11-19/h1-17H,33H2. The van der Waals surface area contributed by atoms with Gasteiger partial charge in [0.15, 0.2) is 0 Å². The van der Waals surface area contributed by atoms with Gasteiger partial charge in [-0.25, -0.2) is 8.78 Å². The maximum atomic E-state index is 13.9. The molecule has 1 aliphatic carbocycles. The first kappa shape index (κ1) is 20.2. The molecule has 0 amide bonds. The lowest BCUT2D eigenvalue weighted by molar-refractivity contribution is 0.627. The fraction of sp³-hybridized carbons (Fsp3) is 0. The number of benzene rings is 6. The first-order valence-electron chi connectivity index (χ1n) is 11.8. The van der Waals surface area contributed by atoms with Crippen molar-refractivity contribution in [3.05, 3.63) is 115 Å². The highest BCUT2D eigenvalue weighted by Crippen LogP contribution is 2.57. The van der Waals surface area contributed by atoms with Crippen molar-refractivity contribution >= 4 is 34.9 Å². The van der Waals surface area contributed by atoms with Gasteiger partial charge in [0, 0.05) is 0 Å². The van der Waals surface area contributed by atoms with Crippen molar-refractivity contribution in [2.75, 3.05) is 0 Å². The fourth-order valence-corrected chi connectivity index (χ4v) is 5.78. The van der Waals surface area contributed by atoms with Gasteiger partial charge >= 0.3 is 0 Å². The third-order valence-corrected chi connectivity index (χ3v) is 7.28. The van der Waals surface area contributed by atoms with Crippen molar-refractivity contribution in [2.24, 2.45) is 0 Å². The predicted octanol–water partition coefficient (Wildman–Crippen LogP) is 7.51. The first-order valence-corrected chi connectivity index (χ1v) is 11.8. The largest absolute Gasteiger partial charge is 0.207 e. The Kier molecular flexibility index (Phi) is 4.25. The van der Waals surface area contributed by atoms with Crippen molar-refractivity contribution in [1.82, 2.24) is 0 Å². The molecule has 0 saturated heterocycles. The van der Waals surface area contributed by atoms with Gasteiger partial charge in [-0.2, -0.15) is 0 Å². The topological polar surface area (TPSA) is 0 Å². The van der Waals surface area contributed by atoms with Crippen molar-refractivity contribution in [3.63, 3.8) is 0 Å². The average molecular weight is 452 g/mol. The minimum Gasteiger partial charge on any atom is -0.207 e. The van der Waals surface area contributed by atoms with Crippen LogP contribution in [0.25, 0.3) is 66.1 Å². The van der Waals surface area contributed by atoms with Crippen molar-refractivity contribution in [1.29, 1.82) is 0 Å². The van der Waals surface area contributed by atoms with E-state index in [1.807, 2.05) is 36.4 Å². The normalized spacial score (nSPS) is 11.8. The van der Waals surface area contributed by atoms with Gasteiger partial charge in [-0.3, -0.25) is 0 Å². The smallest absolute Gasteiger partial charge is 0.140 e. The van der Waals surface area contributed by atoms with Gasteiger partial charge in [-0.15, -0.1) is 0 Å². The lowest BCUT2D eigenvalue weighted by Crippen LogP contribution is -2.02. The Labute approximate surface area is 202 Å². The van der Waals surface area contributed by atoms with Gasteiger partial charge < -0.3 is 0 Å². The van der Waals surface area contributed by atoms with E-state index in [9.17, 15) is 8.78 Å². The van der Waals surface area contributed by atoms with Crippen LogP contribution in [-0.2, 0) is 0 Å². The van der Waals surface area contributed by atoms with Crippen LogP contribution in [0.1, 0.15) is 0 Å². The maximum absolute atomic E-state index is 13.9. The number of hydrogen-bond acceptors (Lipinski definition) is 0. The van der Waals surface area contributed by atoms with Crippen molar-refractivity contribution in [3.8, 4) is 44.5 Å².